The van der Waals surface area contributed by atoms with Crippen LogP contribution in [0.15, 0.2) is 23.8 Å². The molecule has 20 heavy (non-hydrogen) atoms. The van der Waals surface area contributed by atoms with Crippen LogP contribution in [-0.4, -0.2) is 23.8 Å². The van der Waals surface area contributed by atoms with Crippen molar-refractivity contribution in [1.29, 1.82) is 0 Å². The molecule has 0 saturated heterocycles. The average molecular weight is 276 g/mol. The number of rotatable bonds is 2. The van der Waals surface area contributed by atoms with E-state index in [1.165, 1.54) is 38.5 Å². The van der Waals surface area contributed by atoms with Crippen molar-refractivity contribution in [2.45, 2.75) is 57.5 Å². The summed E-state index contributed by atoms with van der Waals surface area (Å²) in [6.45, 7) is 0.425. The van der Waals surface area contributed by atoms with E-state index in [0.29, 0.717) is 23.5 Å². The minimum atomic E-state index is -0.185. The summed E-state index contributed by atoms with van der Waals surface area (Å²) in [7, 11) is 0. The molecule has 1 heterocycles. The van der Waals surface area contributed by atoms with E-state index >= 15 is 0 Å². The van der Waals surface area contributed by atoms with Gasteiger partial charge in [-0.3, -0.25) is 0 Å². The molecule has 0 aromatic heterocycles. The lowest BCUT2D eigenvalue weighted by atomic mass is 9.63. The van der Waals surface area contributed by atoms with E-state index in [-0.39, 0.29) is 12.1 Å². The number of allylic oxidation sites excluding steroid dienone is 1. The predicted molar refractivity (Wildman–Crippen MR) is 77.0 cm³/mol. The van der Waals surface area contributed by atoms with Gasteiger partial charge in [-0.1, -0.05) is 12.2 Å². The van der Waals surface area contributed by atoms with Crippen LogP contribution in [0.5, 0.6) is 0 Å². The zero-order valence-electron chi connectivity index (χ0n) is 12.0. The highest BCUT2D eigenvalue weighted by molar-refractivity contribution is 5.93. The van der Waals surface area contributed by atoms with Crippen LogP contribution in [0.25, 0.3) is 0 Å². The molecule has 3 aliphatic rings. The highest BCUT2D eigenvalue weighted by Crippen LogP contribution is 2.49. The third-order valence-electron chi connectivity index (χ3n) is 5.41. The van der Waals surface area contributed by atoms with Crippen molar-refractivity contribution in [1.82, 2.24) is 0 Å². The highest BCUT2D eigenvalue weighted by atomic mass is 16.5. The summed E-state index contributed by atoms with van der Waals surface area (Å²) >= 11 is 0. The minimum absolute atomic E-state index is 0.0569. The summed E-state index contributed by atoms with van der Waals surface area (Å²) in [5.41, 5.74) is 1.22. The number of hydrogen-bond acceptors (Lipinski definition) is 3. The zero-order valence-corrected chi connectivity index (χ0v) is 12.0. The number of carbonyl (C=O) groups is 1. The topological polar surface area (TPSA) is 46.5 Å². The largest absolute Gasteiger partial charge is 0.458 e. The second kappa shape index (κ2) is 5.72. The Labute approximate surface area is 120 Å². The lowest BCUT2D eigenvalue weighted by Crippen LogP contribution is -2.33. The zero-order chi connectivity index (χ0) is 14.0. The van der Waals surface area contributed by atoms with Crippen LogP contribution in [0.2, 0.25) is 0 Å². The molecule has 1 spiro atoms. The molecule has 3 nitrogen and oxygen atoms in total. The fourth-order valence-electron chi connectivity index (χ4n) is 3.91. The van der Waals surface area contributed by atoms with Gasteiger partial charge in [0.2, 0.25) is 0 Å². The van der Waals surface area contributed by atoms with Crippen molar-refractivity contribution in [3.05, 3.63) is 23.8 Å². The molecule has 2 aliphatic carbocycles. The van der Waals surface area contributed by atoms with Crippen LogP contribution in [-0.2, 0) is 9.53 Å². The second-order valence-electron chi connectivity index (χ2n) is 6.69. The molecule has 0 bridgehead atoms. The minimum Gasteiger partial charge on any atom is -0.458 e. The van der Waals surface area contributed by atoms with Crippen molar-refractivity contribution < 1.29 is 14.6 Å². The van der Waals surface area contributed by atoms with Crippen LogP contribution in [0, 0.1) is 11.3 Å². The van der Waals surface area contributed by atoms with E-state index in [4.69, 9.17) is 4.74 Å². The fraction of sp³-hybridized carbons (Fsp3) is 0.706. The maximum Gasteiger partial charge on any atom is 0.338 e. The Bertz CT molecular complexity index is 418. The molecule has 2 fully saturated rings. The van der Waals surface area contributed by atoms with Crippen molar-refractivity contribution >= 4 is 5.97 Å². The summed E-state index contributed by atoms with van der Waals surface area (Å²) in [5, 5.41) is 9.64. The van der Waals surface area contributed by atoms with Gasteiger partial charge in [-0.05, 0) is 68.8 Å². The molecule has 0 aromatic rings. The molecular weight excluding hydrogens is 252 g/mol. The molecule has 110 valence electrons. The lowest BCUT2D eigenvalue weighted by Gasteiger charge is -2.43. The van der Waals surface area contributed by atoms with Gasteiger partial charge < -0.3 is 9.84 Å². The third kappa shape index (κ3) is 2.98. The van der Waals surface area contributed by atoms with Crippen molar-refractivity contribution in [3.8, 4) is 0 Å². The maximum absolute atomic E-state index is 11.4. The summed E-state index contributed by atoms with van der Waals surface area (Å²) < 4.78 is 4.90. The Morgan fingerprint density at radius 2 is 1.80 bits per heavy atom. The van der Waals surface area contributed by atoms with E-state index < -0.39 is 0 Å². The lowest BCUT2D eigenvalue weighted by molar-refractivity contribution is -0.135. The summed E-state index contributed by atoms with van der Waals surface area (Å²) in [6.07, 6.45) is 15.3. The van der Waals surface area contributed by atoms with E-state index in [9.17, 15) is 9.90 Å². The normalized spacial score (nSPS) is 38.2. The van der Waals surface area contributed by atoms with Crippen molar-refractivity contribution in [2.24, 2.45) is 11.3 Å². The van der Waals surface area contributed by atoms with Crippen molar-refractivity contribution in [3.63, 3.8) is 0 Å². The average Bonchev–Trinajstić information content (AvgIpc) is 2.87. The SMILES string of the molecule is O=C1OCC=C1/C=C/C1CCC2(CCC(O)CC2)CC1. The Kier molecular flexibility index (Phi) is 3.97. The Hall–Kier alpha value is -1.09. The first-order valence-corrected chi connectivity index (χ1v) is 7.90. The van der Waals surface area contributed by atoms with E-state index in [1.807, 2.05) is 12.2 Å². The standard InChI is InChI=1S/C17H24O3/c18-15-5-10-17(11-6-15)8-3-13(4-9-17)1-2-14-7-12-20-16(14)19/h1-2,7,13,15,18H,3-6,8-12H2/b2-1+. The number of carbonyl (C=O) groups excluding carboxylic acids is 1. The van der Waals surface area contributed by atoms with Crippen LogP contribution in [0.4, 0.5) is 0 Å². The van der Waals surface area contributed by atoms with Gasteiger partial charge in [0.05, 0.1) is 11.7 Å². The first-order valence-electron chi connectivity index (χ1n) is 7.90. The second-order valence-corrected chi connectivity index (χ2v) is 6.69. The monoisotopic (exact) mass is 276 g/mol. The molecule has 3 rings (SSSR count). The number of hydrogen-bond donors (Lipinski definition) is 1. The summed E-state index contributed by atoms with van der Waals surface area (Å²) in [4.78, 5) is 11.4. The molecule has 2 saturated carbocycles. The van der Waals surface area contributed by atoms with Gasteiger partial charge in [-0.25, -0.2) is 4.79 Å². The van der Waals surface area contributed by atoms with E-state index in [1.54, 1.807) is 0 Å². The summed E-state index contributed by atoms with van der Waals surface area (Å²) in [5.74, 6) is 0.413. The molecule has 3 heteroatoms. The predicted octanol–water partition coefficient (Wildman–Crippen LogP) is 3.14. The van der Waals surface area contributed by atoms with E-state index in [2.05, 4.69) is 6.08 Å². The van der Waals surface area contributed by atoms with Gasteiger partial charge in [0.1, 0.15) is 6.61 Å². The highest BCUT2D eigenvalue weighted by Gasteiger charge is 2.37. The van der Waals surface area contributed by atoms with Gasteiger partial charge in [0, 0.05) is 0 Å². The van der Waals surface area contributed by atoms with Crippen LogP contribution >= 0.6 is 0 Å². The smallest absolute Gasteiger partial charge is 0.338 e. The molecule has 0 unspecified atom stereocenters. The van der Waals surface area contributed by atoms with Gasteiger partial charge in [0.15, 0.2) is 0 Å². The molecule has 1 N–H and O–H groups in total. The molecule has 0 amide bonds. The Morgan fingerprint density at radius 1 is 1.15 bits per heavy atom. The first kappa shape index (κ1) is 13.9. The van der Waals surface area contributed by atoms with Crippen LogP contribution < -0.4 is 0 Å². The first-order chi connectivity index (χ1) is 9.67. The Morgan fingerprint density at radius 3 is 2.40 bits per heavy atom. The third-order valence-corrected chi connectivity index (χ3v) is 5.41. The van der Waals surface area contributed by atoms with Gasteiger partial charge >= 0.3 is 5.97 Å². The molecule has 0 radical (unpaired) electrons. The number of aliphatic hydroxyl groups is 1. The number of esters is 1. The molecule has 1 aliphatic heterocycles. The van der Waals surface area contributed by atoms with Gasteiger partial charge in [-0.15, -0.1) is 0 Å². The van der Waals surface area contributed by atoms with Gasteiger partial charge in [-0.2, -0.15) is 0 Å². The quantitative estimate of drug-likeness (QED) is 0.788. The van der Waals surface area contributed by atoms with E-state index in [0.717, 1.165) is 12.8 Å². The van der Waals surface area contributed by atoms with Crippen LogP contribution in [0.3, 0.4) is 0 Å². The number of cyclic esters (lactones) is 1. The number of aliphatic hydroxyl groups excluding tert-OH is 1. The number of ether oxygens (including phenoxy) is 1. The summed E-state index contributed by atoms with van der Waals surface area (Å²) in [6, 6.07) is 0. The van der Waals surface area contributed by atoms with Crippen molar-refractivity contribution in [2.75, 3.05) is 6.61 Å². The molecule has 0 atom stereocenters. The van der Waals surface area contributed by atoms with Crippen LogP contribution in [0.1, 0.15) is 51.4 Å². The van der Waals surface area contributed by atoms with Gasteiger partial charge in [0.25, 0.3) is 0 Å². The Balaban J connectivity index is 1.51. The maximum atomic E-state index is 11.4. The fourth-order valence-corrected chi connectivity index (χ4v) is 3.91. The molecule has 0 aromatic carbocycles. The molecular formula is C17H24O3.